The van der Waals surface area contributed by atoms with Gasteiger partial charge in [-0.15, -0.1) is 16.8 Å². The SMILES string of the molecule is C=C[C@H]1C[C@@H](C=Cc2ccccc2)[C@H]2C(=O)N(CCCCCC(=O)NCc3cn(C[C@@H](C)COCc4cn(CCOCCOCCOCCO)nn4)nn3)C(=O)[C@H]21. The van der Waals surface area contributed by atoms with Gasteiger partial charge in [0.2, 0.25) is 17.7 Å². The molecular formula is C41H58N8O8. The molecule has 3 amide bonds. The number of aliphatic hydroxyl groups excluding tert-OH is 1. The number of ether oxygens (including phenoxy) is 4. The number of nitrogens with one attached hydrogen (secondary N) is 1. The van der Waals surface area contributed by atoms with Crippen molar-refractivity contribution in [1.29, 1.82) is 0 Å². The van der Waals surface area contributed by atoms with Gasteiger partial charge in [0.25, 0.3) is 0 Å². The summed E-state index contributed by atoms with van der Waals surface area (Å²) in [4.78, 5) is 40.8. The predicted octanol–water partition coefficient (Wildman–Crippen LogP) is 3.08. The topological polar surface area (TPSA) is 185 Å². The third-order valence-electron chi connectivity index (χ3n) is 10.1. The summed E-state index contributed by atoms with van der Waals surface area (Å²) < 4.78 is 25.4. The van der Waals surface area contributed by atoms with E-state index in [9.17, 15) is 14.4 Å². The van der Waals surface area contributed by atoms with Gasteiger partial charge in [-0.1, -0.05) is 72.3 Å². The van der Waals surface area contributed by atoms with Crippen LogP contribution in [-0.4, -0.2) is 117 Å². The van der Waals surface area contributed by atoms with Gasteiger partial charge < -0.3 is 29.4 Å². The zero-order valence-corrected chi connectivity index (χ0v) is 33.0. The number of allylic oxidation sites excluding steroid dienone is 2. The highest BCUT2D eigenvalue weighted by atomic mass is 16.5. The number of carbonyl (C=O) groups excluding carboxylic acids is 3. The number of rotatable bonds is 28. The second-order valence-corrected chi connectivity index (χ2v) is 14.6. The monoisotopic (exact) mass is 790 g/mol. The van der Waals surface area contributed by atoms with Crippen molar-refractivity contribution in [3.63, 3.8) is 0 Å². The van der Waals surface area contributed by atoms with Crippen LogP contribution in [0.2, 0.25) is 0 Å². The third kappa shape index (κ3) is 13.8. The molecule has 2 fully saturated rings. The zero-order chi connectivity index (χ0) is 40.2. The molecule has 0 unspecified atom stereocenters. The Kier molecular flexibility index (Phi) is 18.0. The van der Waals surface area contributed by atoms with Gasteiger partial charge in [-0.25, -0.2) is 4.68 Å². The molecule has 1 aliphatic carbocycles. The van der Waals surface area contributed by atoms with E-state index in [1.807, 2.05) is 54.9 Å². The highest BCUT2D eigenvalue weighted by Crippen LogP contribution is 2.48. The number of amides is 3. The number of hydrogen-bond donors (Lipinski definition) is 2. The van der Waals surface area contributed by atoms with Gasteiger partial charge in [-0.2, -0.15) is 0 Å². The van der Waals surface area contributed by atoms with E-state index in [0.717, 1.165) is 24.1 Å². The van der Waals surface area contributed by atoms with Crippen LogP contribution >= 0.6 is 0 Å². The highest BCUT2D eigenvalue weighted by Gasteiger charge is 2.56. The average molecular weight is 791 g/mol. The highest BCUT2D eigenvalue weighted by molar-refractivity contribution is 6.06. The van der Waals surface area contributed by atoms with Crippen LogP contribution in [0, 0.1) is 29.6 Å². The number of carbonyl (C=O) groups is 3. The number of unbranched alkanes of at least 4 members (excludes halogenated alkanes) is 2. The molecule has 3 aromatic rings. The fraction of sp³-hybridized carbons (Fsp3) is 0.585. The first-order valence-corrected chi connectivity index (χ1v) is 20.0. The maximum atomic E-state index is 13.4. The lowest BCUT2D eigenvalue weighted by Crippen LogP contribution is -2.34. The normalized spacial score (nSPS) is 19.8. The van der Waals surface area contributed by atoms with Crippen molar-refractivity contribution in [3.8, 4) is 0 Å². The molecule has 0 bridgehead atoms. The number of imide groups is 1. The standard InChI is InChI=1S/C41H58N8O8/c1-3-33-24-34(14-13-32-10-6-4-7-11-32)39-38(33)40(52)49(41(39)53)15-9-5-8-12-37(51)42-25-35-27-48(46-43-35)26-31(2)29-57-30-36-28-47(45-44-36)16-18-54-20-22-56-23-21-55-19-17-50/h3-4,6-7,10-11,13-14,27-28,31,33-34,38-39,50H,1,5,8-9,12,15-26,29-30H2,2H3,(H,42,51)/t31-,33+,34-,38+,39-/m1/s1. The van der Waals surface area contributed by atoms with Crippen LogP contribution in [0.5, 0.6) is 0 Å². The molecule has 5 rings (SSSR count). The van der Waals surface area contributed by atoms with Crippen molar-refractivity contribution >= 4 is 23.8 Å². The van der Waals surface area contributed by atoms with Gasteiger partial charge in [-0.05, 0) is 42.6 Å². The maximum Gasteiger partial charge on any atom is 0.233 e. The molecule has 1 aliphatic heterocycles. The van der Waals surface area contributed by atoms with Gasteiger partial charge in [0.1, 0.15) is 11.4 Å². The Morgan fingerprint density at radius 3 is 2.32 bits per heavy atom. The molecule has 2 aromatic heterocycles. The van der Waals surface area contributed by atoms with E-state index < -0.39 is 0 Å². The number of nitrogens with zero attached hydrogens (tertiary/aromatic N) is 7. The lowest BCUT2D eigenvalue weighted by molar-refractivity contribution is -0.141. The van der Waals surface area contributed by atoms with E-state index in [0.29, 0.717) is 97.4 Å². The summed E-state index contributed by atoms with van der Waals surface area (Å²) in [6.45, 7) is 11.3. The van der Waals surface area contributed by atoms with Crippen molar-refractivity contribution in [2.45, 2.75) is 65.3 Å². The van der Waals surface area contributed by atoms with Gasteiger partial charge in [-0.3, -0.25) is 24.0 Å². The van der Waals surface area contributed by atoms with Gasteiger partial charge in [0.15, 0.2) is 0 Å². The summed E-state index contributed by atoms with van der Waals surface area (Å²) in [5.74, 6) is -0.784. The van der Waals surface area contributed by atoms with Crippen LogP contribution in [0.25, 0.3) is 6.08 Å². The Hall–Kier alpha value is -4.61. The Balaban J connectivity index is 0.899. The molecule has 0 radical (unpaired) electrons. The molecule has 310 valence electrons. The Morgan fingerprint density at radius 2 is 1.56 bits per heavy atom. The number of fused-ring (bicyclic) bond motifs is 1. The van der Waals surface area contributed by atoms with Gasteiger partial charge in [0.05, 0.1) is 96.8 Å². The molecule has 16 heteroatoms. The average Bonchev–Trinajstić information content (AvgIpc) is 4.00. The minimum Gasteiger partial charge on any atom is -0.394 e. The first kappa shape index (κ1) is 43.5. The molecule has 5 atom stereocenters. The van der Waals surface area contributed by atoms with Crippen molar-refractivity contribution in [2.75, 3.05) is 59.4 Å². The fourth-order valence-electron chi connectivity index (χ4n) is 7.28. The van der Waals surface area contributed by atoms with Crippen molar-refractivity contribution in [2.24, 2.45) is 29.6 Å². The number of aliphatic hydroxyl groups is 1. The predicted molar refractivity (Wildman–Crippen MR) is 210 cm³/mol. The summed E-state index contributed by atoms with van der Waals surface area (Å²) in [6, 6.07) is 9.97. The van der Waals surface area contributed by atoms with Crippen LogP contribution in [-0.2, 0) is 59.6 Å². The molecule has 1 saturated carbocycles. The number of aromatic nitrogens is 6. The quantitative estimate of drug-likeness (QED) is 0.0624. The van der Waals surface area contributed by atoms with E-state index in [1.165, 1.54) is 4.90 Å². The summed E-state index contributed by atoms with van der Waals surface area (Å²) in [5, 5.41) is 28.2. The van der Waals surface area contributed by atoms with E-state index in [1.54, 1.807) is 9.36 Å². The van der Waals surface area contributed by atoms with Crippen LogP contribution < -0.4 is 5.32 Å². The van der Waals surface area contributed by atoms with Crippen LogP contribution in [0.4, 0.5) is 0 Å². The minimum atomic E-state index is -0.341. The zero-order valence-electron chi connectivity index (χ0n) is 33.0. The number of hydrogen-bond acceptors (Lipinski definition) is 12. The fourth-order valence-corrected chi connectivity index (χ4v) is 7.28. The lowest BCUT2D eigenvalue weighted by atomic mass is 9.89. The third-order valence-corrected chi connectivity index (χ3v) is 10.1. The summed E-state index contributed by atoms with van der Waals surface area (Å²) in [5.41, 5.74) is 2.47. The van der Waals surface area contributed by atoms with Crippen molar-refractivity contribution < 1.29 is 38.4 Å². The maximum absolute atomic E-state index is 13.4. The number of likely N-dealkylation sites (tertiary alicyclic amines) is 1. The van der Waals surface area contributed by atoms with Crippen LogP contribution in [0.15, 0.2) is 61.5 Å². The molecule has 0 spiro atoms. The van der Waals surface area contributed by atoms with E-state index in [4.69, 9.17) is 24.1 Å². The Morgan fingerprint density at radius 1 is 0.877 bits per heavy atom. The molecule has 2 N–H and O–H groups in total. The number of benzene rings is 1. The summed E-state index contributed by atoms with van der Waals surface area (Å²) in [7, 11) is 0. The first-order valence-electron chi connectivity index (χ1n) is 20.0. The molecule has 3 heterocycles. The van der Waals surface area contributed by atoms with Gasteiger partial charge in [0, 0.05) is 19.5 Å². The summed E-state index contributed by atoms with van der Waals surface area (Å²) >= 11 is 0. The Bertz CT molecular complexity index is 1710. The summed E-state index contributed by atoms with van der Waals surface area (Å²) in [6.07, 6.45) is 12.8. The van der Waals surface area contributed by atoms with E-state index >= 15 is 0 Å². The molecular weight excluding hydrogens is 732 g/mol. The minimum absolute atomic E-state index is 0.000148. The molecule has 16 nitrogen and oxygen atoms in total. The van der Waals surface area contributed by atoms with E-state index in [2.05, 4.69) is 45.5 Å². The van der Waals surface area contributed by atoms with Crippen LogP contribution in [0.3, 0.4) is 0 Å². The van der Waals surface area contributed by atoms with Crippen LogP contribution in [0.1, 0.15) is 56.0 Å². The van der Waals surface area contributed by atoms with Crippen molar-refractivity contribution in [3.05, 3.63) is 78.4 Å². The molecule has 1 saturated heterocycles. The van der Waals surface area contributed by atoms with E-state index in [-0.39, 0.29) is 60.5 Å². The Labute approximate surface area is 334 Å². The lowest BCUT2D eigenvalue weighted by Gasteiger charge is -2.18. The molecule has 1 aromatic carbocycles. The second-order valence-electron chi connectivity index (χ2n) is 14.6. The second kappa shape index (κ2) is 23.6. The largest absolute Gasteiger partial charge is 0.394 e. The molecule has 2 aliphatic rings. The smallest absolute Gasteiger partial charge is 0.233 e. The van der Waals surface area contributed by atoms with Crippen molar-refractivity contribution in [1.82, 2.24) is 40.2 Å². The van der Waals surface area contributed by atoms with Gasteiger partial charge >= 0.3 is 0 Å². The first-order chi connectivity index (χ1) is 27.9. The molecule has 57 heavy (non-hydrogen) atoms.